The van der Waals surface area contributed by atoms with Crippen molar-refractivity contribution in [3.8, 4) is 11.4 Å². The van der Waals surface area contributed by atoms with E-state index in [0.29, 0.717) is 36.8 Å². The van der Waals surface area contributed by atoms with Crippen molar-refractivity contribution in [3.05, 3.63) is 24.5 Å². The van der Waals surface area contributed by atoms with Crippen LogP contribution in [0.3, 0.4) is 0 Å². The summed E-state index contributed by atoms with van der Waals surface area (Å²) in [5, 5.41) is 3.44. The zero-order valence-corrected chi connectivity index (χ0v) is 17.7. The topological polar surface area (TPSA) is 111 Å². The molecule has 0 aliphatic carbocycles. The molecule has 1 unspecified atom stereocenters. The van der Waals surface area contributed by atoms with E-state index >= 15 is 0 Å². The minimum absolute atomic E-state index is 0.0701. The molecular formula is C20H26N8O2. The number of fused-ring (bicyclic) bond motifs is 1. The van der Waals surface area contributed by atoms with Crippen LogP contribution in [0.4, 0.5) is 10.6 Å². The highest BCUT2D eigenvalue weighted by Crippen LogP contribution is 2.27. The van der Waals surface area contributed by atoms with Gasteiger partial charge in [-0.05, 0) is 34.1 Å². The van der Waals surface area contributed by atoms with Crippen molar-refractivity contribution >= 4 is 23.1 Å². The molecule has 3 aromatic rings. The molecule has 3 aromatic heterocycles. The number of anilines is 1. The molecule has 0 saturated carbocycles. The summed E-state index contributed by atoms with van der Waals surface area (Å²) in [6.45, 7) is 9.50. The second-order valence-corrected chi connectivity index (χ2v) is 7.60. The predicted octanol–water partition coefficient (Wildman–Crippen LogP) is 2.64. The van der Waals surface area contributed by atoms with E-state index in [1.807, 2.05) is 32.3 Å². The van der Waals surface area contributed by atoms with Crippen molar-refractivity contribution in [3.63, 3.8) is 0 Å². The molecule has 1 aliphatic rings. The highest BCUT2D eigenvalue weighted by molar-refractivity contribution is 5.86. The number of ether oxygens (including phenoxy) is 1. The second-order valence-electron chi connectivity index (χ2n) is 7.60. The zero-order valence-electron chi connectivity index (χ0n) is 17.7. The zero-order chi connectivity index (χ0) is 21.3. The van der Waals surface area contributed by atoms with Crippen LogP contribution < -0.4 is 5.32 Å². The van der Waals surface area contributed by atoms with E-state index in [1.54, 1.807) is 17.3 Å². The average Bonchev–Trinajstić information content (AvgIpc) is 3.33. The lowest BCUT2D eigenvalue weighted by molar-refractivity contribution is 0.0834. The number of imidazole rings is 1. The Hall–Kier alpha value is -3.30. The Morgan fingerprint density at radius 3 is 2.73 bits per heavy atom. The second kappa shape index (κ2) is 8.21. The third kappa shape index (κ3) is 3.89. The van der Waals surface area contributed by atoms with Gasteiger partial charge in [-0.2, -0.15) is 0 Å². The van der Waals surface area contributed by atoms with Gasteiger partial charge in [0.1, 0.15) is 18.0 Å². The standard InChI is InChI=1S/C20H26N8O2/c1-5-28-18(14-8-21-13(4)22-9-14)26-16-17(23-11-24-19(16)28)25-15-6-7-27(10-15)20(29)30-12(2)3/h8-9,11-12,15H,5-7,10H2,1-4H3,(H,23,24,25). The number of hydrogen-bond acceptors (Lipinski definition) is 8. The number of hydrogen-bond donors (Lipinski definition) is 1. The van der Waals surface area contributed by atoms with Gasteiger partial charge in [-0.15, -0.1) is 0 Å². The molecule has 0 spiro atoms. The van der Waals surface area contributed by atoms with Crippen LogP contribution in [0.1, 0.15) is 33.0 Å². The molecule has 1 saturated heterocycles. The van der Waals surface area contributed by atoms with Crippen LogP contribution in [0.15, 0.2) is 18.7 Å². The summed E-state index contributed by atoms with van der Waals surface area (Å²) in [5.41, 5.74) is 2.27. The number of nitrogens with zero attached hydrogens (tertiary/aromatic N) is 7. The number of likely N-dealkylation sites (tertiary alicyclic amines) is 1. The van der Waals surface area contributed by atoms with E-state index in [1.165, 1.54) is 6.33 Å². The number of rotatable bonds is 5. The number of carbonyl (C=O) groups is 1. The first-order chi connectivity index (χ1) is 14.5. The van der Waals surface area contributed by atoms with Crippen LogP contribution in [0.2, 0.25) is 0 Å². The molecule has 30 heavy (non-hydrogen) atoms. The van der Waals surface area contributed by atoms with Crippen molar-refractivity contribution in [1.82, 2.24) is 34.4 Å². The predicted molar refractivity (Wildman–Crippen MR) is 112 cm³/mol. The van der Waals surface area contributed by atoms with Crippen LogP contribution in [-0.2, 0) is 11.3 Å². The van der Waals surface area contributed by atoms with Gasteiger partial charge >= 0.3 is 6.09 Å². The van der Waals surface area contributed by atoms with Crippen LogP contribution >= 0.6 is 0 Å². The van der Waals surface area contributed by atoms with Crippen molar-refractivity contribution in [1.29, 1.82) is 0 Å². The first-order valence-electron chi connectivity index (χ1n) is 10.2. The van der Waals surface area contributed by atoms with E-state index in [0.717, 1.165) is 23.5 Å². The van der Waals surface area contributed by atoms with E-state index < -0.39 is 0 Å². The largest absolute Gasteiger partial charge is 0.447 e. The highest BCUT2D eigenvalue weighted by Gasteiger charge is 2.29. The van der Waals surface area contributed by atoms with Crippen molar-refractivity contribution < 1.29 is 9.53 Å². The van der Waals surface area contributed by atoms with E-state index in [-0.39, 0.29) is 18.2 Å². The third-order valence-corrected chi connectivity index (χ3v) is 5.01. The number of nitrogens with one attached hydrogen (secondary N) is 1. The Morgan fingerprint density at radius 2 is 2.03 bits per heavy atom. The summed E-state index contributed by atoms with van der Waals surface area (Å²) in [6, 6.07) is 0.0701. The lowest BCUT2D eigenvalue weighted by Crippen LogP contribution is -2.33. The van der Waals surface area contributed by atoms with Crippen molar-refractivity contribution in [2.45, 2.75) is 52.8 Å². The van der Waals surface area contributed by atoms with Crippen LogP contribution in [0.25, 0.3) is 22.6 Å². The number of carbonyl (C=O) groups excluding carboxylic acids is 1. The molecule has 1 amide bonds. The fourth-order valence-corrected chi connectivity index (χ4v) is 3.58. The fourth-order valence-electron chi connectivity index (χ4n) is 3.58. The van der Waals surface area contributed by atoms with Gasteiger partial charge in [0.2, 0.25) is 0 Å². The van der Waals surface area contributed by atoms with E-state index in [2.05, 4.69) is 25.3 Å². The molecule has 4 rings (SSSR count). The molecule has 1 atom stereocenters. The molecule has 10 nitrogen and oxygen atoms in total. The van der Waals surface area contributed by atoms with Crippen molar-refractivity contribution in [2.75, 3.05) is 18.4 Å². The van der Waals surface area contributed by atoms with Gasteiger partial charge in [0, 0.05) is 38.1 Å². The fraction of sp³-hybridized carbons (Fsp3) is 0.500. The van der Waals surface area contributed by atoms with Crippen LogP contribution in [0, 0.1) is 6.92 Å². The van der Waals surface area contributed by atoms with Gasteiger partial charge < -0.3 is 19.5 Å². The molecule has 0 bridgehead atoms. The quantitative estimate of drug-likeness (QED) is 0.683. The van der Waals surface area contributed by atoms with Gasteiger partial charge in [0.05, 0.1) is 11.7 Å². The van der Waals surface area contributed by atoms with Crippen molar-refractivity contribution in [2.24, 2.45) is 0 Å². The highest BCUT2D eigenvalue weighted by atomic mass is 16.6. The minimum atomic E-state index is -0.279. The Balaban J connectivity index is 1.60. The minimum Gasteiger partial charge on any atom is -0.447 e. The Labute approximate surface area is 174 Å². The molecule has 0 aromatic carbocycles. The number of aryl methyl sites for hydroxylation is 2. The van der Waals surface area contributed by atoms with Gasteiger partial charge in [0.25, 0.3) is 0 Å². The van der Waals surface area contributed by atoms with Gasteiger partial charge in [-0.3, -0.25) is 0 Å². The maximum Gasteiger partial charge on any atom is 0.410 e. The molecule has 1 aliphatic heterocycles. The lowest BCUT2D eigenvalue weighted by atomic mass is 10.2. The summed E-state index contributed by atoms with van der Waals surface area (Å²) in [6.07, 6.45) is 5.48. The van der Waals surface area contributed by atoms with E-state index in [4.69, 9.17) is 9.72 Å². The van der Waals surface area contributed by atoms with Gasteiger partial charge in [0.15, 0.2) is 17.0 Å². The summed E-state index contributed by atoms with van der Waals surface area (Å²) >= 11 is 0. The number of aromatic nitrogens is 6. The summed E-state index contributed by atoms with van der Waals surface area (Å²) in [4.78, 5) is 36.1. The first kappa shape index (κ1) is 20.0. The molecule has 10 heteroatoms. The monoisotopic (exact) mass is 410 g/mol. The normalized spacial score (nSPS) is 16.4. The average molecular weight is 410 g/mol. The summed E-state index contributed by atoms with van der Waals surface area (Å²) in [5.74, 6) is 2.12. The Morgan fingerprint density at radius 1 is 1.27 bits per heavy atom. The maximum absolute atomic E-state index is 12.2. The van der Waals surface area contributed by atoms with Gasteiger partial charge in [-0.1, -0.05) is 0 Å². The smallest absolute Gasteiger partial charge is 0.410 e. The summed E-state index contributed by atoms with van der Waals surface area (Å²) in [7, 11) is 0. The van der Waals surface area contributed by atoms with Crippen LogP contribution in [-0.4, -0.2) is 65.7 Å². The lowest BCUT2D eigenvalue weighted by Gasteiger charge is -2.18. The molecule has 0 radical (unpaired) electrons. The van der Waals surface area contributed by atoms with Crippen LogP contribution in [0.5, 0.6) is 0 Å². The number of amides is 1. The first-order valence-corrected chi connectivity index (χ1v) is 10.2. The SMILES string of the molecule is CCn1c(-c2cnc(C)nc2)nc2c(NC3CCN(C(=O)OC(C)C)C3)ncnc21. The van der Waals surface area contributed by atoms with E-state index in [9.17, 15) is 4.79 Å². The Bertz CT molecular complexity index is 1050. The summed E-state index contributed by atoms with van der Waals surface area (Å²) < 4.78 is 7.32. The molecule has 1 N–H and O–H groups in total. The third-order valence-electron chi connectivity index (χ3n) is 5.01. The molecular weight excluding hydrogens is 384 g/mol. The maximum atomic E-state index is 12.2. The molecule has 1 fully saturated rings. The Kier molecular flexibility index (Phi) is 5.47. The molecule has 4 heterocycles. The molecule has 158 valence electrons. The van der Waals surface area contributed by atoms with Gasteiger partial charge in [-0.25, -0.2) is 29.7 Å².